The van der Waals surface area contributed by atoms with E-state index in [-0.39, 0.29) is 17.2 Å². The van der Waals surface area contributed by atoms with Crippen molar-refractivity contribution in [2.45, 2.75) is 0 Å². The van der Waals surface area contributed by atoms with E-state index in [0.717, 1.165) is 12.1 Å². The third-order valence-corrected chi connectivity index (χ3v) is 3.63. The zero-order chi connectivity index (χ0) is 18.7. The predicted octanol–water partition coefficient (Wildman–Crippen LogP) is 1.81. The fraction of sp³-hybridized carbons (Fsp3) is 0.118. The highest BCUT2D eigenvalue weighted by atomic mass is 19.1. The largest absolute Gasteiger partial charge is 0.348 e. The molecule has 0 bridgehead atoms. The summed E-state index contributed by atoms with van der Waals surface area (Å²) in [4.78, 5) is 36.3. The van der Waals surface area contributed by atoms with Gasteiger partial charge in [0.1, 0.15) is 18.0 Å². The summed E-state index contributed by atoms with van der Waals surface area (Å²) in [7, 11) is 1.45. The molecule has 0 radical (unpaired) electrons. The van der Waals surface area contributed by atoms with Crippen molar-refractivity contribution in [2.75, 3.05) is 11.9 Å². The van der Waals surface area contributed by atoms with Crippen LogP contribution < -0.4 is 10.9 Å². The van der Waals surface area contributed by atoms with Crippen LogP contribution in [0, 0.1) is 11.6 Å². The Morgan fingerprint density at radius 3 is 2.58 bits per heavy atom. The van der Waals surface area contributed by atoms with Crippen LogP contribution in [0.3, 0.4) is 0 Å². The molecule has 2 heterocycles. The molecule has 2 aromatic heterocycles. The van der Waals surface area contributed by atoms with Crippen molar-refractivity contribution in [3.8, 4) is 11.4 Å². The van der Waals surface area contributed by atoms with E-state index in [9.17, 15) is 18.4 Å². The fourth-order valence-electron chi connectivity index (χ4n) is 2.28. The van der Waals surface area contributed by atoms with E-state index < -0.39 is 29.5 Å². The van der Waals surface area contributed by atoms with E-state index in [4.69, 9.17) is 0 Å². The lowest BCUT2D eigenvalue weighted by atomic mass is 10.1. The molecule has 1 N–H and O–H groups in total. The number of ketones is 1. The van der Waals surface area contributed by atoms with E-state index in [0.29, 0.717) is 5.69 Å². The lowest BCUT2D eigenvalue weighted by Gasteiger charge is -2.11. The summed E-state index contributed by atoms with van der Waals surface area (Å²) in [6, 6.07) is 6.03. The molecule has 0 unspecified atom stereocenters. The van der Waals surface area contributed by atoms with Crippen molar-refractivity contribution in [1.82, 2.24) is 19.5 Å². The van der Waals surface area contributed by atoms with Gasteiger partial charge in [0.05, 0.1) is 23.5 Å². The van der Waals surface area contributed by atoms with Gasteiger partial charge < -0.3 is 5.32 Å². The summed E-state index contributed by atoms with van der Waals surface area (Å²) in [5, 5.41) is 2.64. The Labute approximate surface area is 146 Å². The Morgan fingerprint density at radius 2 is 1.92 bits per heavy atom. The van der Waals surface area contributed by atoms with Crippen LogP contribution in [-0.4, -0.2) is 31.8 Å². The number of anilines is 1. The number of rotatable bonds is 5. The molecule has 0 saturated carbocycles. The Hall–Kier alpha value is -3.49. The van der Waals surface area contributed by atoms with E-state index in [1.807, 2.05) is 0 Å². The van der Waals surface area contributed by atoms with Gasteiger partial charge in [-0.15, -0.1) is 0 Å². The Balaban J connectivity index is 1.87. The van der Waals surface area contributed by atoms with Crippen molar-refractivity contribution < 1.29 is 13.6 Å². The molecule has 0 aliphatic rings. The molecule has 1 aromatic carbocycles. The molecule has 0 spiro atoms. The smallest absolute Gasteiger partial charge is 0.255 e. The molecule has 0 fully saturated rings. The minimum atomic E-state index is -0.951. The maximum Gasteiger partial charge on any atom is 0.255 e. The lowest BCUT2D eigenvalue weighted by Crippen LogP contribution is -2.25. The molecule has 7 nitrogen and oxygen atoms in total. The first-order valence-corrected chi connectivity index (χ1v) is 7.53. The van der Waals surface area contributed by atoms with Gasteiger partial charge in [-0.3, -0.25) is 14.2 Å². The number of aromatic nitrogens is 4. The second kappa shape index (κ2) is 7.18. The number of nitrogens with one attached hydrogen (secondary N) is 1. The molecule has 0 atom stereocenters. The van der Waals surface area contributed by atoms with Crippen LogP contribution >= 0.6 is 0 Å². The second-order valence-electron chi connectivity index (χ2n) is 5.33. The van der Waals surface area contributed by atoms with Gasteiger partial charge in [-0.1, -0.05) is 6.07 Å². The van der Waals surface area contributed by atoms with Crippen molar-refractivity contribution >= 4 is 11.7 Å². The average Bonchev–Trinajstić information content (AvgIpc) is 2.63. The van der Waals surface area contributed by atoms with Crippen molar-refractivity contribution in [1.29, 1.82) is 0 Å². The molecule has 3 rings (SSSR count). The zero-order valence-electron chi connectivity index (χ0n) is 13.6. The van der Waals surface area contributed by atoms with E-state index in [2.05, 4.69) is 20.3 Å². The van der Waals surface area contributed by atoms with Crippen LogP contribution in [0.4, 0.5) is 14.7 Å². The average molecular weight is 357 g/mol. The number of hydrogen-bond acceptors (Lipinski definition) is 6. The van der Waals surface area contributed by atoms with Gasteiger partial charge in [0.25, 0.3) is 5.56 Å². The Kier molecular flexibility index (Phi) is 4.78. The van der Waals surface area contributed by atoms with Crippen LogP contribution in [0.5, 0.6) is 0 Å². The van der Waals surface area contributed by atoms with Crippen LogP contribution in [0.15, 0.2) is 47.7 Å². The highest BCUT2D eigenvalue weighted by molar-refractivity contribution is 5.99. The highest BCUT2D eigenvalue weighted by Gasteiger charge is 2.17. The first kappa shape index (κ1) is 17.3. The van der Waals surface area contributed by atoms with Crippen molar-refractivity contribution in [3.63, 3.8) is 0 Å². The topological polar surface area (TPSA) is 89.8 Å². The van der Waals surface area contributed by atoms with Crippen LogP contribution in [0.2, 0.25) is 0 Å². The van der Waals surface area contributed by atoms with Gasteiger partial charge in [0.2, 0.25) is 5.95 Å². The number of hydrogen-bond donors (Lipinski definition) is 1. The SMILES string of the molecule is Cn1c(NCC(=O)c2c(F)cccc2F)nc(-c2ccncn2)cc1=O. The zero-order valence-corrected chi connectivity index (χ0v) is 13.6. The molecular formula is C17H13F2N5O2. The molecule has 9 heteroatoms. The first-order valence-electron chi connectivity index (χ1n) is 7.53. The van der Waals surface area contributed by atoms with E-state index in [1.54, 1.807) is 6.07 Å². The van der Waals surface area contributed by atoms with Crippen LogP contribution in [0.25, 0.3) is 11.4 Å². The number of nitrogens with zero attached hydrogens (tertiary/aromatic N) is 4. The molecule has 0 saturated heterocycles. The van der Waals surface area contributed by atoms with E-state index >= 15 is 0 Å². The van der Waals surface area contributed by atoms with Gasteiger partial charge in [-0.2, -0.15) is 0 Å². The number of carbonyl (C=O) groups is 1. The molecule has 132 valence electrons. The number of halogens is 2. The number of carbonyl (C=O) groups excluding carboxylic acids is 1. The van der Waals surface area contributed by atoms with Crippen LogP contribution in [-0.2, 0) is 7.05 Å². The molecule has 0 aliphatic carbocycles. The maximum absolute atomic E-state index is 13.7. The minimum absolute atomic E-state index is 0.0659. The van der Waals surface area contributed by atoms with E-state index in [1.165, 1.54) is 36.3 Å². The fourth-order valence-corrected chi connectivity index (χ4v) is 2.28. The summed E-state index contributed by atoms with van der Waals surface area (Å²) in [6.45, 7) is -0.439. The molecule has 26 heavy (non-hydrogen) atoms. The molecular weight excluding hydrogens is 344 g/mol. The second-order valence-corrected chi connectivity index (χ2v) is 5.33. The predicted molar refractivity (Wildman–Crippen MR) is 89.7 cm³/mol. The standard InChI is InChI=1S/C17H13F2N5O2/c1-24-15(26)7-13(12-5-6-20-9-22-12)23-17(24)21-8-14(25)16-10(18)3-2-4-11(16)19/h2-7,9H,8H2,1H3,(H,21,23). The summed E-state index contributed by atoms with van der Waals surface area (Å²) < 4.78 is 28.5. The minimum Gasteiger partial charge on any atom is -0.348 e. The Bertz CT molecular complexity index is 1000. The quantitative estimate of drug-likeness (QED) is 0.701. The monoisotopic (exact) mass is 357 g/mol. The third-order valence-electron chi connectivity index (χ3n) is 3.63. The summed E-state index contributed by atoms with van der Waals surface area (Å²) in [5.74, 6) is -2.64. The van der Waals surface area contributed by atoms with Gasteiger partial charge in [0.15, 0.2) is 5.78 Å². The Morgan fingerprint density at radius 1 is 1.19 bits per heavy atom. The molecule has 3 aromatic rings. The maximum atomic E-state index is 13.7. The molecule has 0 aliphatic heterocycles. The molecule has 0 amide bonds. The van der Waals surface area contributed by atoms with Gasteiger partial charge >= 0.3 is 0 Å². The van der Waals surface area contributed by atoms with Gasteiger partial charge in [0, 0.05) is 19.3 Å². The van der Waals surface area contributed by atoms with Crippen molar-refractivity contribution in [2.24, 2.45) is 7.05 Å². The summed E-state index contributed by atoms with van der Waals surface area (Å²) in [6.07, 6.45) is 2.81. The highest BCUT2D eigenvalue weighted by Crippen LogP contribution is 2.15. The van der Waals surface area contributed by atoms with Crippen LogP contribution in [0.1, 0.15) is 10.4 Å². The normalized spacial score (nSPS) is 10.6. The lowest BCUT2D eigenvalue weighted by molar-refractivity contribution is 0.0998. The number of benzene rings is 1. The third kappa shape index (κ3) is 3.46. The van der Waals surface area contributed by atoms with Gasteiger partial charge in [-0.25, -0.2) is 23.7 Å². The first-order chi connectivity index (χ1) is 12.5. The summed E-state index contributed by atoms with van der Waals surface area (Å²) in [5.41, 5.74) is -0.327. The van der Waals surface area contributed by atoms with Crippen molar-refractivity contribution in [3.05, 3.63) is 70.4 Å². The number of Topliss-reactive ketones (excluding diaryl/α,β-unsaturated/α-hetero) is 1. The van der Waals surface area contributed by atoms with Gasteiger partial charge in [-0.05, 0) is 18.2 Å². The summed E-state index contributed by atoms with van der Waals surface area (Å²) >= 11 is 0.